The fourth-order valence-corrected chi connectivity index (χ4v) is 4.50. The van der Waals surface area contributed by atoms with Gasteiger partial charge in [-0.15, -0.1) is 0 Å². The second-order valence-corrected chi connectivity index (χ2v) is 8.41. The molecule has 0 fully saturated rings. The third-order valence-electron chi connectivity index (χ3n) is 4.70. The van der Waals surface area contributed by atoms with Crippen LogP contribution in [-0.2, 0) is 22.9 Å². The Labute approximate surface area is 163 Å². The molecule has 0 amide bonds. The average Bonchev–Trinajstić information content (AvgIpc) is 3.06. The smallest absolute Gasteiger partial charge is 0.264 e. The van der Waals surface area contributed by atoms with Crippen LogP contribution in [0, 0.1) is 17.7 Å². The van der Waals surface area contributed by atoms with Crippen LogP contribution < -0.4 is 9.46 Å². The van der Waals surface area contributed by atoms with Gasteiger partial charge in [0.2, 0.25) is 5.92 Å². The van der Waals surface area contributed by atoms with Crippen LogP contribution in [0.1, 0.15) is 24.6 Å². The Balaban J connectivity index is 1.85. The first-order chi connectivity index (χ1) is 13.5. The molecule has 12 heteroatoms. The molecule has 2 aromatic rings. The Bertz CT molecular complexity index is 1000. The number of hydrogen-bond acceptors (Lipinski definition) is 4. The Morgan fingerprint density at radius 2 is 2.10 bits per heavy atom. The van der Waals surface area contributed by atoms with Crippen molar-refractivity contribution in [3.63, 3.8) is 0 Å². The van der Waals surface area contributed by atoms with Crippen molar-refractivity contribution in [1.82, 2.24) is 9.97 Å². The average molecular weight is 439 g/mol. The summed E-state index contributed by atoms with van der Waals surface area (Å²) in [5.41, 5.74) is 0.680. The van der Waals surface area contributed by atoms with Crippen LogP contribution in [0.4, 0.5) is 27.8 Å². The molecular weight excluding hydrogens is 421 g/mol. The van der Waals surface area contributed by atoms with Gasteiger partial charge in [0.15, 0.2) is 17.4 Å². The van der Waals surface area contributed by atoms with E-state index in [0.717, 1.165) is 13.1 Å². The zero-order valence-electron chi connectivity index (χ0n) is 15.2. The molecule has 1 aliphatic carbocycles. The summed E-state index contributed by atoms with van der Waals surface area (Å²) in [6.45, 7) is -0.635. The van der Waals surface area contributed by atoms with Crippen LogP contribution in [0.15, 0.2) is 17.2 Å². The number of fused-ring (bicyclic) bond motifs is 1. The van der Waals surface area contributed by atoms with E-state index in [4.69, 9.17) is 0 Å². The maximum absolute atomic E-state index is 14.1. The van der Waals surface area contributed by atoms with E-state index in [1.54, 1.807) is 0 Å². The van der Waals surface area contributed by atoms with E-state index in [2.05, 4.69) is 14.7 Å². The molecule has 0 saturated heterocycles. The fraction of sp³-hybridized carbons (Fsp3) is 0.471. The monoisotopic (exact) mass is 439 g/mol. The number of halogens is 5. The predicted molar refractivity (Wildman–Crippen MR) is 93.4 cm³/mol. The fourth-order valence-electron chi connectivity index (χ4n) is 3.22. The molecule has 0 bridgehead atoms. The van der Waals surface area contributed by atoms with Gasteiger partial charge in [0, 0.05) is 23.9 Å². The van der Waals surface area contributed by atoms with Gasteiger partial charge in [-0.05, 0) is 31.7 Å². The maximum Gasteiger partial charge on any atom is 0.264 e. The first-order valence-electron chi connectivity index (χ1n) is 8.67. The molecule has 2 aromatic heterocycles. The molecule has 2 heterocycles. The second kappa shape index (κ2) is 7.81. The minimum Gasteiger partial charge on any atom is -0.486 e. The zero-order valence-corrected chi connectivity index (χ0v) is 16.1. The lowest BCUT2D eigenvalue weighted by Crippen LogP contribution is -2.30. The van der Waals surface area contributed by atoms with Crippen LogP contribution >= 0.6 is 0 Å². The number of nitrogens with one attached hydrogen (secondary N) is 2. The van der Waals surface area contributed by atoms with Crippen molar-refractivity contribution in [3.05, 3.63) is 35.3 Å². The summed E-state index contributed by atoms with van der Waals surface area (Å²) in [5, 5.41) is 0. The number of sulfonamides is 1. The van der Waals surface area contributed by atoms with Crippen molar-refractivity contribution in [2.75, 3.05) is 18.0 Å². The summed E-state index contributed by atoms with van der Waals surface area (Å²) in [5.74, 6) is -7.94. The van der Waals surface area contributed by atoms with Crippen LogP contribution in [0.25, 0.3) is 0 Å². The largest absolute Gasteiger partial charge is 0.486 e. The molecular formula is C17H18F5N3O3S. The molecule has 1 aliphatic rings. The molecule has 3 rings (SSSR count). The van der Waals surface area contributed by atoms with Gasteiger partial charge in [0.1, 0.15) is 18.2 Å². The van der Waals surface area contributed by atoms with E-state index in [0.29, 0.717) is 17.3 Å². The molecule has 2 N–H and O–H groups in total. The van der Waals surface area contributed by atoms with Crippen LogP contribution in [0.3, 0.4) is 0 Å². The zero-order chi connectivity index (χ0) is 21.4. The number of ether oxygens (including phenoxy) is 1. The van der Waals surface area contributed by atoms with E-state index in [9.17, 15) is 30.4 Å². The van der Waals surface area contributed by atoms with Gasteiger partial charge >= 0.3 is 0 Å². The summed E-state index contributed by atoms with van der Waals surface area (Å²) in [6.07, 6.45) is 1.26. The number of anilines is 1. The quantitative estimate of drug-likeness (QED) is 0.510. The Morgan fingerprint density at radius 3 is 2.76 bits per heavy atom. The van der Waals surface area contributed by atoms with Crippen molar-refractivity contribution in [3.8, 4) is 5.75 Å². The van der Waals surface area contributed by atoms with E-state index >= 15 is 0 Å². The third-order valence-corrected chi connectivity index (χ3v) is 6.11. The molecule has 0 saturated carbocycles. The first-order valence-corrected chi connectivity index (χ1v) is 10.2. The molecule has 29 heavy (non-hydrogen) atoms. The SMILES string of the molecule is CC(F)(F)C1CCc2c(S(=O)(=O)Nc3nc(F)c(OCCF)cc3F)c[nH]c2C1. The number of nitrogens with zero attached hydrogens (tertiary/aromatic N) is 1. The van der Waals surface area contributed by atoms with Crippen molar-refractivity contribution >= 4 is 15.8 Å². The van der Waals surface area contributed by atoms with Gasteiger partial charge in [-0.1, -0.05) is 0 Å². The number of aromatic amines is 1. The highest BCUT2D eigenvalue weighted by Gasteiger charge is 2.38. The van der Waals surface area contributed by atoms with E-state index < -0.39 is 58.5 Å². The van der Waals surface area contributed by atoms with Crippen molar-refractivity contribution in [2.24, 2.45) is 5.92 Å². The molecule has 0 aromatic carbocycles. The maximum atomic E-state index is 14.1. The molecule has 1 unspecified atom stereocenters. The van der Waals surface area contributed by atoms with Crippen LogP contribution in [0.5, 0.6) is 5.75 Å². The van der Waals surface area contributed by atoms with Crippen LogP contribution in [-0.4, -0.2) is 37.6 Å². The number of H-pyrrole nitrogens is 1. The van der Waals surface area contributed by atoms with Crippen molar-refractivity contribution in [2.45, 2.75) is 37.0 Å². The molecule has 160 valence electrons. The highest BCUT2D eigenvalue weighted by molar-refractivity contribution is 7.92. The second-order valence-electron chi connectivity index (χ2n) is 6.76. The number of alkyl halides is 3. The summed E-state index contributed by atoms with van der Waals surface area (Å²) >= 11 is 0. The van der Waals surface area contributed by atoms with Crippen LogP contribution in [0.2, 0.25) is 0 Å². The van der Waals surface area contributed by atoms with Gasteiger partial charge in [0.05, 0.1) is 0 Å². The summed E-state index contributed by atoms with van der Waals surface area (Å²) < 4.78 is 99.0. The van der Waals surface area contributed by atoms with Gasteiger partial charge in [-0.25, -0.2) is 26.0 Å². The Kier molecular flexibility index (Phi) is 5.74. The number of hydrogen-bond donors (Lipinski definition) is 2. The highest BCUT2D eigenvalue weighted by atomic mass is 32.2. The normalized spacial score (nSPS) is 17.1. The molecule has 6 nitrogen and oxygen atoms in total. The molecule has 0 radical (unpaired) electrons. The van der Waals surface area contributed by atoms with Gasteiger partial charge < -0.3 is 9.72 Å². The minimum absolute atomic E-state index is 0.0315. The Morgan fingerprint density at radius 1 is 1.38 bits per heavy atom. The molecule has 0 spiro atoms. The molecule has 1 atom stereocenters. The summed E-state index contributed by atoms with van der Waals surface area (Å²) in [6, 6.07) is 0.552. The highest BCUT2D eigenvalue weighted by Crippen LogP contribution is 2.38. The first kappa shape index (κ1) is 21.3. The topological polar surface area (TPSA) is 84.1 Å². The van der Waals surface area contributed by atoms with E-state index in [1.807, 2.05) is 4.72 Å². The lowest BCUT2D eigenvalue weighted by molar-refractivity contribution is -0.0448. The Hall–Kier alpha value is -2.37. The number of rotatable bonds is 7. The van der Waals surface area contributed by atoms with Gasteiger partial charge in [0.25, 0.3) is 16.0 Å². The van der Waals surface area contributed by atoms with Gasteiger partial charge in [-0.2, -0.15) is 9.37 Å². The summed E-state index contributed by atoms with van der Waals surface area (Å²) in [4.78, 5) is 5.62. The molecule has 0 aliphatic heterocycles. The van der Waals surface area contributed by atoms with Gasteiger partial charge in [-0.3, -0.25) is 4.72 Å². The lowest BCUT2D eigenvalue weighted by Gasteiger charge is -2.27. The minimum atomic E-state index is -4.37. The van der Waals surface area contributed by atoms with Crippen molar-refractivity contribution in [1.29, 1.82) is 0 Å². The number of pyridine rings is 1. The lowest BCUT2D eigenvalue weighted by atomic mass is 9.84. The predicted octanol–water partition coefficient (Wildman–Crippen LogP) is 3.60. The number of aromatic nitrogens is 2. The summed E-state index contributed by atoms with van der Waals surface area (Å²) in [7, 11) is -4.37. The standard InChI is InChI=1S/C17H18F5N3O3S/c1-17(21,22)9-2-3-10-12(6-9)23-8-14(10)29(26,27)25-16-11(19)7-13(15(20)24-16)28-5-4-18/h7-9,23H,2-6H2,1H3,(H,24,25). The third kappa shape index (κ3) is 4.46. The van der Waals surface area contributed by atoms with Crippen molar-refractivity contribution < 1.29 is 35.1 Å². The van der Waals surface area contributed by atoms with E-state index in [1.165, 1.54) is 0 Å². The van der Waals surface area contributed by atoms with E-state index in [-0.39, 0.29) is 24.2 Å².